The summed E-state index contributed by atoms with van der Waals surface area (Å²) >= 11 is 0. The molecule has 0 fully saturated rings. The molecule has 108 valence electrons. The minimum atomic E-state index is -1.01. The Bertz CT molecular complexity index is 514. The monoisotopic (exact) mass is 278 g/mol. The molecule has 6 nitrogen and oxygen atoms in total. The molecule has 1 amide bonds. The van der Waals surface area contributed by atoms with Crippen molar-refractivity contribution in [1.82, 2.24) is 4.90 Å². The molecule has 6 heteroatoms. The average molecular weight is 278 g/mol. The van der Waals surface area contributed by atoms with Crippen LogP contribution in [0.5, 0.6) is 0 Å². The molecule has 1 heterocycles. The van der Waals surface area contributed by atoms with Gasteiger partial charge >= 0.3 is 5.97 Å². The van der Waals surface area contributed by atoms with Crippen molar-refractivity contribution in [2.75, 3.05) is 13.7 Å². The maximum atomic E-state index is 12.3. The van der Waals surface area contributed by atoms with E-state index in [4.69, 9.17) is 10.5 Å². The van der Waals surface area contributed by atoms with E-state index in [1.807, 2.05) is 24.3 Å². The highest BCUT2D eigenvalue weighted by atomic mass is 16.5. The fourth-order valence-electron chi connectivity index (χ4n) is 2.46. The van der Waals surface area contributed by atoms with Gasteiger partial charge in [-0.3, -0.25) is 4.79 Å². The van der Waals surface area contributed by atoms with Crippen molar-refractivity contribution in [2.24, 2.45) is 5.73 Å². The van der Waals surface area contributed by atoms with Crippen LogP contribution in [0.25, 0.3) is 0 Å². The molecule has 0 aromatic heterocycles. The second kappa shape index (κ2) is 6.02. The Morgan fingerprint density at radius 2 is 2.10 bits per heavy atom. The topological polar surface area (TPSA) is 92.9 Å². The molecule has 0 bridgehead atoms. The van der Waals surface area contributed by atoms with Crippen molar-refractivity contribution in [3.8, 4) is 0 Å². The molecule has 3 N–H and O–H groups in total. The summed E-state index contributed by atoms with van der Waals surface area (Å²) < 4.78 is 5.02. The molecule has 0 radical (unpaired) electrons. The number of carboxylic acid groups (broad SMARTS) is 1. The predicted octanol–water partition coefficient (Wildman–Crippen LogP) is -0.00180. The van der Waals surface area contributed by atoms with Crippen molar-refractivity contribution in [2.45, 2.75) is 25.1 Å². The average Bonchev–Trinajstić information content (AvgIpc) is 2.46. The quantitative estimate of drug-likeness (QED) is 0.808. The number of benzene rings is 1. The minimum absolute atomic E-state index is 0.0276. The van der Waals surface area contributed by atoms with E-state index in [1.54, 1.807) is 0 Å². The van der Waals surface area contributed by atoms with Gasteiger partial charge < -0.3 is 20.5 Å². The minimum Gasteiger partial charge on any atom is -0.480 e. The smallest absolute Gasteiger partial charge is 0.326 e. The van der Waals surface area contributed by atoms with E-state index < -0.39 is 18.1 Å². The summed E-state index contributed by atoms with van der Waals surface area (Å²) in [6.07, 6.45) is -0.500. The predicted molar refractivity (Wildman–Crippen MR) is 72.0 cm³/mol. The van der Waals surface area contributed by atoms with Gasteiger partial charge in [-0.05, 0) is 11.1 Å². The first-order valence-corrected chi connectivity index (χ1v) is 6.41. The number of amides is 1. The zero-order chi connectivity index (χ0) is 14.7. The molecule has 0 saturated carbocycles. The third-order valence-corrected chi connectivity index (χ3v) is 3.59. The number of ether oxygens (including phenoxy) is 1. The summed E-state index contributed by atoms with van der Waals surface area (Å²) in [4.78, 5) is 25.1. The summed E-state index contributed by atoms with van der Waals surface area (Å²) in [5.41, 5.74) is 7.41. The number of hydrogen-bond acceptors (Lipinski definition) is 4. The van der Waals surface area contributed by atoms with E-state index >= 15 is 0 Å². The van der Waals surface area contributed by atoms with Crippen LogP contribution < -0.4 is 5.73 Å². The van der Waals surface area contributed by atoms with Crippen LogP contribution in [0.1, 0.15) is 11.1 Å². The number of carboxylic acids is 1. The number of carbonyl (C=O) groups excluding carboxylic acids is 1. The Morgan fingerprint density at radius 1 is 1.45 bits per heavy atom. The Labute approximate surface area is 117 Å². The van der Waals surface area contributed by atoms with Crippen LogP contribution in [0.4, 0.5) is 0 Å². The number of nitrogens with zero attached hydrogens (tertiary/aromatic N) is 1. The van der Waals surface area contributed by atoms with E-state index in [9.17, 15) is 14.7 Å². The molecule has 20 heavy (non-hydrogen) atoms. The standard InChI is InChI=1S/C14H18N2O4/c1-20-12(7-15)13(17)16-8-10-5-3-2-4-9(10)6-11(16)14(18)19/h2-5,11-12H,6-8,15H2,1H3,(H,18,19). The van der Waals surface area contributed by atoms with Gasteiger partial charge in [0.05, 0.1) is 0 Å². The first-order valence-electron chi connectivity index (χ1n) is 6.41. The van der Waals surface area contributed by atoms with Gasteiger partial charge in [0.1, 0.15) is 12.1 Å². The lowest BCUT2D eigenvalue weighted by atomic mass is 9.93. The van der Waals surface area contributed by atoms with Gasteiger partial charge in [0.25, 0.3) is 5.91 Å². The van der Waals surface area contributed by atoms with Gasteiger partial charge in [-0.25, -0.2) is 4.79 Å². The summed E-state index contributed by atoms with van der Waals surface area (Å²) in [5.74, 6) is -1.39. The summed E-state index contributed by atoms with van der Waals surface area (Å²) in [6, 6.07) is 6.66. The summed E-state index contributed by atoms with van der Waals surface area (Å²) in [6.45, 7) is 0.297. The van der Waals surface area contributed by atoms with Crippen molar-refractivity contribution < 1.29 is 19.4 Å². The van der Waals surface area contributed by atoms with Gasteiger partial charge in [-0.1, -0.05) is 24.3 Å². The third-order valence-electron chi connectivity index (χ3n) is 3.59. The van der Waals surface area contributed by atoms with Crippen LogP contribution in [0.2, 0.25) is 0 Å². The highest BCUT2D eigenvalue weighted by molar-refractivity contribution is 5.87. The Kier molecular flexibility index (Phi) is 4.36. The normalized spacial score (nSPS) is 19.3. The lowest BCUT2D eigenvalue weighted by molar-refractivity contribution is -0.156. The Balaban J connectivity index is 2.31. The zero-order valence-corrected chi connectivity index (χ0v) is 11.3. The van der Waals surface area contributed by atoms with Crippen molar-refractivity contribution in [3.05, 3.63) is 35.4 Å². The van der Waals surface area contributed by atoms with Crippen LogP contribution in [-0.4, -0.2) is 47.7 Å². The third kappa shape index (κ3) is 2.66. The molecular formula is C14H18N2O4. The molecule has 1 aliphatic rings. The van der Waals surface area contributed by atoms with E-state index in [1.165, 1.54) is 12.0 Å². The SMILES string of the molecule is COC(CN)C(=O)N1Cc2ccccc2CC1C(=O)O. The first kappa shape index (κ1) is 14.5. The lowest BCUT2D eigenvalue weighted by Crippen LogP contribution is -2.53. The van der Waals surface area contributed by atoms with Crippen LogP contribution in [0.3, 0.4) is 0 Å². The Morgan fingerprint density at radius 3 is 2.65 bits per heavy atom. The Hall–Kier alpha value is -1.92. The highest BCUT2D eigenvalue weighted by Crippen LogP contribution is 2.24. The number of aliphatic carboxylic acids is 1. The van der Waals surface area contributed by atoms with Crippen LogP contribution in [-0.2, 0) is 27.3 Å². The highest BCUT2D eigenvalue weighted by Gasteiger charge is 2.36. The second-order valence-electron chi connectivity index (χ2n) is 4.75. The number of nitrogens with two attached hydrogens (primary N) is 1. The maximum absolute atomic E-state index is 12.3. The van der Waals surface area contributed by atoms with Crippen LogP contribution in [0, 0.1) is 0 Å². The number of methoxy groups -OCH3 is 1. The summed E-state index contributed by atoms with van der Waals surface area (Å²) in [7, 11) is 1.39. The van der Waals surface area contributed by atoms with Crippen molar-refractivity contribution in [3.63, 3.8) is 0 Å². The fourth-order valence-corrected chi connectivity index (χ4v) is 2.46. The molecule has 0 spiro atoms. The molecular weight excluding hydrogens is 260 g/mol. The first-order chi connectivity index (χ1) is 9.58. The van der Waals surface area contributed by atoms with Gasteiger partial charge in [-0.2, -0.15) is 0 Å². The lowest BCUT2D eigenvalue weighted by Gasteiger charge is -2.36. The molecule has 1 aliphatic heterocycles. The van der Waals surface area contributed by atoms with E-state index in [2.05, 4.69) is 0 Å². The van der Waals surface area contributed by atoms with Gasteiger partial charge in [0.2, 0.25) is 0 Å². The number of hydrogen-bond donors (Lipinski definition) is 2. The van der Waals surface area contributed by atoms with Crippen molar-refractivity contribution >= 4 is 11.9 Å². The second-order valence-corrected chi connectivity index (χ2v) is 4.75. The molecule has 1 aromatic carbocycles. The zero-order valence-electron chi connectivity index (χ0n) is 11.3. The van der Waals surface area contributed by atoms with Crippen molar-refractivity contribution in [1.29, 1.82) is 0 Å². The van der Waals surface area contributed by atoms with Crippen LogP contribution >= 0.6 is 0 Å². The molecule has 1 aromatic rings. The molecule has 2 atom stereocenters. The van der Waals surface area contributed by atoms with Crippen LogP contribution in [0.15, 0.2) is 24.3 Å². The van der Waals surface area contributed by atoms with E-state index in [-0.39, 0.29) is 19.0 Å². The molecule has 2 unspecified atom stereocenters. The number of fused-ring (bicyclic) bond motifs is 1. The number of carbonyl (C=O) groups is 2. The van der Waals surface area contributed by atoms with E-state index in [0.29, 0.717) is 6.42 Å². The largest absolute Gasteiger partial charge is 0.480 e. The molecule has 0 saturated heterocycles. The van der Waals surface area contributed by atoms with Gasteiger partial charge in [0, 0.05) is 26.6 Å². The van der Waals surface area contributed by atoms with Gasteiger partial charge in [0.15, 0.2) is 0 Å². The maximum Gasteiger partial charge on any atom is 0.326 e. The molecule has 0 aliphatic carbocycles. The summed E-state index contributed by atoms with van der Waals surface area (Å²) in [5, 5.41) is 9.34. The van der Waals surface area contributed by atoms with E-state index in [0.717, 1.165) is 11.1 Å². The fraction of sp³-hybridized carbons (Fsp3) is 0.429. The van der Waals surface area contributed by atoms with Gasteiger partial charge in [-0.15, -0.1) is 0 Å². The molecule has 2 rings (SSSR count). The number of rotatable bonds is 4.